The monoisotopic (exact) mass is 407 g/mol. The summed E-state index contributed by atoms with van der Waals surface area (Å²) in [4.78, 5) is 29.8. The van der Waals surface area contributed by atoms with Crippen molar-refractivity contribution in [2.24, 2.45) is 0 Å². The largest absolute Gasteiger partial charge is 0.340 e. The molecule has 28 heavy (non-hydrogen) atoms. The first-order valence-electron chi connectivity index (χ1n) is 8.71. The third-order valence-electron chi connectivity index (χ3n) is 4.16. The van der Waals surface area contributed by atoms with Crippen molar-refractivity contribution >= 4 is 50.4 Å². The van der Waals surface area contributed by atoms with E-state index in [0.717, 1.165) is 20.8 Å². The zero-order valence-electron chi connectivity index (χ0n) is 15.0. The number of amides is 2. The molecule has 140 valence electrons. The van der Waals surface area contributed by atoms with E-state index < -0.39 is 6.04 Å². The molecule has 2 heterocycles. The number of hydrogen-bond acceptors (Lipinski definition) is 5. The topological polar surface area (TPSA) is 71.1 Å². The minimum atomic E-state index is -0.652. The molecule has 2 aromatic carbocycles. The van der Waals surface area contributed by atoms with E-state index in [1.54, 1.807) is 30.4 Å². The standard InChI is InChI=1S/C21H17N3O2S2/c1-13(22-20(26)18-10-5-11-27-18)19(25)23-15-7-4-6-14(12-15)21-24-16-8-2-3-9-17(16)28-21/h2-13H,1H3,(H,22,26)(H,23,25). The van der Waals surface area contributed by atoms with Gasteiger partial charge in [0.1, 0.15) is 11.0 Å². The summed E-state index contributed by atoms with van der Waals surface area (Å²) in [6, 6.07) is 18.4. The van der Waals surface area contributed by atoms with E-state index in [0.29, 0.717) is 10.6 Å². The molecule has 0 bridgehead atoms. The summed E-state index contributed by atoms with van der Waals surface area (Å²) in [5.74, 6) is -0.521. The van der Waals surface area contributed by atoms with Crippen LogP contribution in [-0.2, 0) is 4.79 Å². The number of aromatic nitrogens is 1. The number of para-hydroxylation sites is 1. The Bertz CT molecular complexity index is 1100. The number of benzene rings is 2. The molecule has 0 aliphatic heterocycles. The normalized spacial score (nSPS) is 11.9. The van der Waals surface area contributed by atoms with Crippen LogP contribution >= 0.6 is 22.7 Å². The van der Waals surface area contributed by atoms with Crippen LogP contribution in [-0.4, -0.2) is 22.8 Å². The first-order chi connectivity index (χ1) is 13.6. The van der Waals surface area contributed by atoms with Gasteiger partial charge in [-0.3, -0.25) is 9.59 Å². The molecule has 0 saturated carbocycles. The Morgan fingerprint density at radius 2 is 1.89 bits per heavy atom. The van der Waals surface area contributed by atoms with Gasteiger partial charge in [-0.2, -0.15) is 0 Å². The summed E-state index contributed by atoms with van der Waals surface area (Å²) < 4.78 is 1.12. The van der Waals surface area contributed by atoms with Crippen LogP contribution in [0.2, 0.25) is 0 Å². The van der Waals surface area contributed by atoms with E-state index in [1.807, 2.05) is 53.9 Å². The molecule has 0 aliphatic rings. The summed E-state index contributed by atoms with van der Waals surface area (Å²) in [6.45, 7) is 1.66. The third kappa shape index (κ3) is 3.95. The van der Waals surface area contributed by atoms with Gasteiger partial charge in [-0.1, -0.05) is 30.3 Å². The number of nitrogens with zero attached hydrogens (tertiary/aromatic N) is 1. The molecule has 1 unspecified atom stereocenters. The van der Waals surface area contributed by atoms with Gasteiger partial charge in [-0.15, -0.1) is 22.7 Å². The van der Waals surface area contributed by atoms with Crippen molar-refractivity contribution in [3.8, 4) is 10.6 Å². The molecular weight excluding hydrogens is 390 g/mol. The van der Waals surface area contributed by atoms with Crippen molar-refractivity contribution in [3.05, 3.63) is 70.9 Å². The van der Waals surface area contributed by atoms with Crippen molar-refractivity contribution in [2.75, 3.05) is 5.32 Å². The third-order valence-corrected chi connectivity index (χ3v) is 6.11. The maximum atomic E-state index is 12.5. The number of thiazole rings is 1. The second-order valence-electron chi connectivity index (χ2n) is 6.23. The molecule has 0 radical (unpaired) electrons. The fraction of sp³-hybridized carbons (Fsp3) is 0.0952. The fourth-order valence-corrected chi connectivity index (χ4v) is 4.31. The Labute approximate surface area is 170 Å². The van der Waals surface area contributed by atoms with Crippen molar-refractivity contribution < 1.29 is 9.59 Å². The Balaban J connectivity index is 1.46. The number of carbonyl (C=O) groups excluding carboxylic acids is 2. The molecule has 0 saturated heterocycles. The van der Waals surface area contributed by atoms with Gasteiger partial charge in [0.15, 0.2) is 0 Å². The van der Waals surface area contributed by atoms with Crippen LogP contribution in [0.5, 0.6) is 0 Å². The highest BCUT2D eigenvalue weighted by Gasteiger charge is 2.17. The average molecular weight is 408 g/mol. The number of fused-ring (bicyclic) bond motifs is 1. The van der Waals surface area contributed by atoms with Crippen LogP contribution in [0.15, 0.2) is 66.0 Å². The number of anilines is 1. The maximum Gasteiger partial charge on any atom is 0.261 e. The summed E-state index contributed by atoms with van der Waals surface area (Å²) in [5.41, 5.74) is 2.56. The van der Waals surface area contributed by atoms with Crippen LogP contribution in [0.25, 0.3) is 20.8 Å². The first kappa shape index (κ1) is 18.3. The summed E-state index contributed by atoms with van der Waals surface area (Å²) >= 11 is 2.95. The van der Waals surface area contributed by atoms with E-state index in [4.69, 9.17) is 0 Å². The fourth-order valence-electron chi connectivity index (χ4n) is 2.72. The van der Waals surface area contributed by atoms with Gasteiger partial charge in [0.25, 0.3) is 5.91 Å². The molecule has 0 aliphatic carbocycles. The predicted octanol–water partition coefficient (Wildman–Crippen LogP) is 4.78. The SMILES string of the molecule is CC(NC(=O)c1cccs1)C(=O)Nc1cccc(-c2nc3ccccc3s2)c1. The van der Waals surface area contributed by atoms with E-state index in [9.17, 15) is 9.59 Å². The van der Waals surface area contributed by atoms with E-state index in [1.165, 1.54) is 11.3 Å². The molecule has 1 atom stereocenters. The molecule has 0 spiro atoms. The molecule has 4 rings (SSSR count). The van der Waals surface area contributed by atoms with E-state index in [-0.39, 0.29) is 11.8 Å². The van der Waals surface area contributed by atoms with Gasteiger partial charge in [0, 0.05) is 11.3 Å². The van der Waals surface area contributed by atoms with Gasteiger partial charge < -0.3 is 10.6 Å². The van der Waals surface area contributed by atoms with Crippen LogP contribution < -0.4 is 10.6 Å². The number of hydrogen-bond donors (Lipinski definition) is 2. The molecule has 2 amide bonds. The highest BCUT2D eigenvalue weighted by molar-refractivity contribution is 7.21. The number of rotatable bonds is 5. The highest BCUT2D eigenvalue weighted by atomic mass is 32.1. The number of thiophene rings is 1. The van der Waals surface area contributed by atoms with Crippen molar-refractivity contribution in [1.29, 1.82) is 0 Å². The van der Waals surface area contributed by atoms with Gasteiger partial charge in [-0.05, 0) is 42.6 Å². The second-order valence-corrected chi connectivity index (χ2v) is 8.21. The quantitative estimate of drug-likeness (QED) is 0.500. The van der Waals surface area contributed by atoms with E-state index >= 15 is 0 Å². The lowest BCUT2D eigenvalue weighted by atomic mass is 10.2. The van der Waals surface area contributed by atoms with Crippen molar-refractivity contribution in [3.63, 3.8) is 0 Å². The summed E-state index contributed by atoms with van der Waals surface area (Å²) in [5, 5.41) is 8.30. The lowest BCUT2D eigenvalue weighted by Crippen LogP contribution is -2.41. The molecule has 0 fully saturated rings. The Hall–Kier alpha value is -3.03. The number of carbonyl (C=O) groups is 2. The lowest BCUT2D eigenvalue weighted by Gasteiger charge is -2.14. The molecule has 5 nitrogen and oxygen atoms in total. The number of nitrogens with one attached hydrogen (secondary N) is 2. The highest BCUT2D eigenvalue weighted by Crippen LogP contribution is 2.31. The van der Waals surface area contributed by atoms with Crippen molar-refractivity contribution in [2.45, 2.75) is 13.0 Å². The first-order valence-corrected chi connectivity index (χ1v) is 10.4. The molecular formula is C21H17N3O2S2. The summed E-state index contributed by atoms with van der Waals surface area (Å²) in [7, 11) is 0. The van der Waals surface area contributed by atoms with E-state index in [2.05, 4.69) is 15.6 Å². The molecule has 2 N–H and O–H groups in total. The van der Waals surface area contributed by atoms with Crippen LogP contribution in [0.4, 0.5) is 5.69 Å². The van der Waals surface area contributed by atoms with Crippen molar-refractivity contribution in [1.82, 2.24) is 10.3 Å². The molecule has 7 heteroatoms. The molecule has 4 aromatic rings. The summed E-state index contributed by atoms with van der Waals surface area (Å²) in [6.07, 6.45) is 0. The van der Waals surface area contributed by atoms with Crippen LogP contribution in [0.3, 0.4) is 0 Å². The minimum absolute atomic E-state index is 0.249. The Kier molecular flexibility index (Phi) is 5.18. The van der Waals surface area contributed by atoms with Gasteiger partial charge in [0.2, 0.25) is 5.91 Å². The predicted molar refractivity (Wildman–Crippen MR) is 115 cm³/mol. The zero-order valence-corrected chi connectivity index (χ0v) is 16.6. The smallest absolute Gasteiger partial charge is 0.261 e. The Morgan fingerprint density at radius 3 is 2.68 bits per heavy atom. The van der Waals surface area contributed by atoms with Crippen LogP contribution in [0, 0.1) is 0 Å². The average Bonchev–Trinajstić information content (AvgIpc) is 3.38. The second kappa shape index (κ2) is 7.92. The van der Waals surface area contributed by atoms with Gasteiger partial charge in [-0.25, -0.2) is 4.98 Å². The molecule has 2 aromatic heterocycles. The zero-order chi connectivity index (χ0) is 19.5. The lowest BCUT2D eigenvalue weighted by molar-refractivity contribution is -0.117. The van der Waals surface area contributed by atoms with Gasteiger partial charge >= 0.3 is 0 Å². The Morgan fingerprint density at radius 1 is 1.04 bits per heavy atom. The van der Waals surface area contributed by atoms with Gasteiger partial charge in [0.05, 0.1) is 15.1 Å². The van der Waals surface area contributed by atoms with Crippen LogP contribution in [0.1, 0.15) is 16.6 Å². The maximum absolute atomic E-state index is 12.5. The minimum Gasteiger partial charge on any atom is -0.340 e.